The lowest BCUT2D eigenvalue weighted by molar-refractivity contribution is -0.136. The Balaban J connectivity index is 1.42. The number of carbonyl (C=O) groups excluding carboxylic acids is 1. The summed E-state index contributed by atoms with van der Waals surface area (Å²) in [7, 11) is -3.95. The molecular weight excluding hydrogens is 583 g/mol. The van der Waals surface area contributed by atoms with Crippen LogP contribution in [-0.4, -0.2) is 44.6 Å². The number of amides is 1. The topological polar surface area (TPSA) is 113 Å². The predicted molar refractivity (Wildman–Crippen MR) is 139 cm³/mol. The minimum absolute atomic E-state index is 0.0677. The highest BCUT2D eigenvalue weighted by Crippen LogP contribution is 2.36. The summed E-state index contributed by atoms with van der Waals surface area (Å²) >= 11 is 2.11. The Morgan fingerprint density at radius 1 is 1.03 bits per heavy atom. The number of carbonyl (C=O) groups is 2. The molecular formula is C25H23IN2O6S. The van der Waals surface area contributed by atoms with Gasteiger partial charge in [-0.1, -0.05) is 30.3 Å². The first-order valence-electron chi connectivity index (χ1n) is 10.8. The second-order valence-electron chi connectivity index (χ2n) is 7.96. The summed E-state index contributed by atoms with van der Waals surface area (Å²) in [6.07, 6.45) is 0.208. The van der Waals surface area contributed by atoms with Gasteiger partial charge in [-0.05, 0) is 76.2 Å². The van der Waals surface area contributed by atoms with Crippen LogP contribution in [0.2, 0.25) is 0 Å². The molecule has 1 atom stereocenters. The van der Waals surface area contributed by atoms with E-state index in [1.54, 1.807) is 60.7 Å². The van der Waals surface area contributed by atoms with Gasteiger partial charge in [-0.25, -0.2) is 8.42 Å². The molecule has 4 rings (SSSR count). The van der Waals surface area contributed by atoms with E-state index in [0.717, 1.165) is 9.13 Å². The smallest absolute Gasteiger partial charge is 0.307 e. The first kappa shape index (κ1) is 25.0. The van der Waals surface area contributed by atoms with E-state index < -0.39 is 27.9 Å². The maximum Gasteiger partial charge on any atom is 0.307 e. The summed E-state index contributed by atoms with van der Waals surface area (Å²) < 4.78 is 34.8. The highest BCUT2D eigenvalue weighted by Gasteiger charge is 2.42. The molecule has 0 saturated carbocycles. The Kier molecular flexibility index (Phi) is 7.60. The Labute approximate surface area is 217 Å². The van der Waals surface area contributed by atoms with Crippen molar-refractivity contribution in [3.05, 3.63) is 87.5 Å². The average Bonchev–Trinajstić information content (AvgIpc) is 3.23. The molecule has 35 heavy (non-hydrogen) atoms. The fourth-order valence-corrected chi connectivity index (χ4v) is 5.92. The summed E-state index contributed by atoms with van der Waals surface area (Å²) in [5.41, 5.74) is 1.96. The fourth-order valence-electron chi connectivity index (χ4n) is 3.91. The van der Waals surface area contributed by atoms with Crippen LogP contribution in [0.25, 0.3) is 0 Å². The molecule has 0 unspecified atom stereocenters. The average molecular weight is 606 g/mol. The third kappa shape index (κ3) is 5.76. The van der Waals surface area contributed by atoms with Crippen LogP contribution in [0.15, 0.2) is 77.7 Å². The van der Waals surface area contributed by atoms with Gasteiger partial charge in [0.1, 0.15) is 18.4 Å². The lowest BCUT2D eigenvalue weighted by Crippen LogP contribution is -2.48. The molecule has 3 aromatic carbocycles. The van der Waals surface area contributed by atoms with E-state index in [2.05, 4.69) is 27.9 Å². The number of nitrogens with one attached hydrogen (secondary N) is 1. The molecule has 0 radical (unpaired) electrons. The lowest BCUT2D eigenvalue weighted by Gasteiger charge is -2.26. The zero-order valence-corrected chi connectivity index (χ0v) is 21.5. The van der Waals surface area contributed by atoms with Gasteiger partial charge in [-0.2, -0.15) is 0 Å². The molecule has 0 spiro atoms. The Bertz CT molecular complexity index is 1330. The van der Waals surface area contributed by atoms with Crippen molar-refractivity contribution in [3.8, 4) is 5.75 Å². The van der Waals surface area contributed by atoms with E-state index in [1.165, 1.54) is 4.31 Å². The van der Waals surface area contributed by atoms with Gasteiger partial charge in [-0.3, -0.25) is 13.9 Å². The number of aliphatic carboxylic acids is 1. The molecule has 10 heteroatoms. The SMILES string of the molecule is O=C(O)Cc1ccc(OCCNC(=O)[C@@H]2Cc3ccccc3N2S(=O)(=O)c2ccc(I)cc2)cc1. The molecule has 8 nitrogen and oxygen atoms in total. The third-order valence-electron chi connectivity index (χ3n) is 5.55. The van der Waals surface area contributed by atoms with E-state index in [0.29, 0.717) is 17.0 Å². The maximum absolute atomic E-state index is 13.5. The summed E-state index contributed by atoms with van der Waals surface area (Å²) in [4.78, 5) is 24.0. The molecule has 0 saturated heterocycles. The summed E-state index contributed by atoms with van der Waals surface area (Å²) in [6.45, 7) is 0.355. The van der Waals surface area contributed by atoms with Crippen LogP contribution in [0.3, 0.4) is 0 Å². The molecule has 1 amide bonds. The molecule has 2 N–H and O–H groups in total. The van der Waals surface area contributed by atoms with E-state index in [4.69, 9.17) is 9.84 Å². The van der Waals surface area contributed by atoms with Crippen molar-refractivity contribution in [1.29, 1.82) is 0 Å². The molecule has 3 aromatic rings. The number of rotatable bonds is 9. The standard InChI is InChI=1S/C25H23IN2O6S/c26-19-7-11-21(12-8-19)35(32,33)28-22-4-2-1-3-18(22)16-23(28)25(31)27-13-14-34-20-9-5-17(6-10-20)15-24(29)30/h1-12,23H,13-16H2,(H,27,31)(H,29,30)/t23-/m0/s1. The van der Waals surface area contributed by atoms with Crippen LogP contribution >= 0.6 is 22.6 Å². The minimum Gasteiger partial charge on any atom is -0.492 e. The number of anilines is 1. The predicted octanol–water partition coefficient (Wildman–Crippen LogP) is 3.23. The van der Waals surface area contributed by atoms with Crippen LogP contribution in [0, 0.1) is 3.57 Å². The van der Waals surface area contributed by atoms with Crippen molar-refractivity contribution < 1.29 is 27.9 Å². The number of hydrogen-bond donors (Lipinski definition) is 2. The van der Waals surface area contributed by atoms with Crippen molar-refractivity contribution in [1.82, 2.24) is 5.32 Å². The van der Waals surface area contributed by atoms with Gasteiger partial charge in [0.15, 0.2) is 0 Å². The van der Waals surface area contributed by atoms with Crippen molar-refractivity contribution in [3.63, 3.8) is 0 Å². The quantitative estimate of drug-likeness (QED) is 0.286. The van der Waals surface area contributed by atoms with Crippen LogP contribution in [0.4, 0.5) is 5.69 Å². The second kappa shape index (κ2) is 10.6. The number of carboxylic acids is 1. The third-order valence-corrected chi connectivity index (χ3v) is 8.10. The normalized spacial score (nSPS) is 14.9. The van der Waals surface area contributed by atoms with Gasteiger partial charge < -0.3 is 15.2 Å². The van der Waals surface area contributed by atoms with Gasteiger partial charge >= 0.3 is 5.97 Å². The number of ether oxygens (including phenoxy) is 1. The summed E-state index contributed by atoms with van der Waals surface area (Å²) in [5.74, 6) is -0.770. The zero-order chi connectivity index (χ0) is 25.0. The lowest BCUT2D eigenvalue weighted by atomic mass is 10.1. The van der Waals surface area contributed by atoms with Gasteiger partial charge in [-0.15, -0.1) is 0 Å². The zero-order valence-electron chi connectivity index (χ0n) is 18.6. The number of halogens is 1. The van der Waals surface area contributed by atoms with Crippen molar-refractivity contribution in [2.45, 2.75) is 23.8 Å². The number of nitrogens with zero attached hydrogens (tertiary/aromatic N) is 1. The van der Waals surface area contributed by atoms with Gasteiger partial charge in [0, 0.05) is 9.99 Å². The summed E-state index contributed by atoms with van der Waals surface area (Å²) in [6, 6.07) is 19.4. The van der Waals surface area contributed by atoms with E-state index in [-0.39, 0.29) is 30.9 Å². The number of hydrogen-bond acceptors (Lipinski definition) is 5. The number of para-hydroxylation sites is 1. The molecule has 1 aliphatic heterocycles. The number of sulfonamides is 1. The van der Waals surface area contributed by atoms with Crippen LogP contribution in [0.1, 0.15) is 11.1 Å². The Morgan fingerprint density at radius 2 is 1.71 bits per heavy atom. The Morgan fingerprint density at radius 3 is 2.40 bits per heavy atom. The van der Waals surface area contributed by atoms with E-state index >= 15 is 0 Å². The molecule has 0 aromatic heterocycles. The second-order valence-corrected chi connectivity index (χ2v) is 11.0. The maximum atomic E-state index is 13.5. The van der Waals surface area contributed by atoms with Crippen LogP contribution in [-0.2, 0) is 32.5 Å². The van der Waals surface area contributed by atoms with Crippen molar-refractivity contribution in [2.24, 2.45) is 0 Å². The van der Waals surface area contributed by atoms with Gasteiger partial charge in [0.05, 0.1) is 23.5 Å². The molecule has 0 bridgehead atoms. The van der Waals surface area contributed by atoms with Gasteiger partial charge in [0.25, 0.3) is 10.0 Å². The molecule has 182 valence electrons. The number of carboxylic acid groups (broad SMARTS) is 1. The van der Waals surface area contributed by atoms with E-state index in [9.17, 15) is 18.0 Å². The van der Waals surface area contributed by atoms with Gasteiger partial charge in [0.2, 0.25) is 5.91 Å². The first-order valence-corrected chi connectivity index (χ1v) is 13.4. The van der Waals surface area contributed by atoms with E-state index in [1.807, 2.05) is 12.1 Å². The minimum atomic E-state index is -3.95. The molecule has 1 aliphatic rings. The van der Waals surface area contributed by atoms with Crippen molar-refractivity contribution in [2.75, 3.05) is 17.5 Å². The fraction of sp³-hybridized carbons (Fsp3) is 0.200. The largest absolute Gasteiger partial charge is 0.492 e. The highest BCUT2D eigenvalue weighted by molar-refractivity contribution is 14.1. The van der Waals surface area contributed by atoms with Crippen molar-refractivity contribution >= 4 is 50.2 Å². The number of fused-ring (bicyclic) bond motifs is 1. The monoisotopic (exact) mass is 606 g/mol. The molecule has 0 fully saturated rings. The summed E-state index contributed by atoms with van der Waals surface area (Å²) in [5, 5.41) is 11.6. The molecule has 1 heterocycles. The highest BCUT2D eigenvalue weighted by atomic mass is 127. The number of benzene rings is 3. The van der Waals surface area contributed by atoms with Crippen LogP contribution < -0.4 is 14.4 Å². The van der Waals surface area contributed by atoms with Crippen LogP contribution in [0.5, 0.6) is 5.75 Å². The first-order chi connectivity index (χ1) is 16.8. The Hall–Kier alpha value is -3.12. The molecule has 0 aliphatic carbocycles.